The molecule has 0 saturated heterocycles. The summed E-state index contributed by atoms with van der Waals surface area (Å²) in [4.78, 5) is 8.76. The summed E-state index contributed by atoms with van der Waals surface area (Å²) in [7, 11) is 0. The molecule has 2 aromatic rings. The Bertz CT molecular complexity index is 586. The van der Waals surface area contributed by atoms with E-state index >= 15 is 0 Å². The molecular weight excluding hydrogens is 274 g/mol. The Labute approximate surface area is 132 Å². The smallest absolute Gasteiger partial charge is 0.125 e. The Kier molecular flexibility index (Phi) is 6.04. The number of rotatable bonds is 7. The summed E-state index contributed by atoms with van der Waals surface area (Å²) in [6.45, 7) is 6.28. The minimum atomic E-state index is 0.157. The summed E-state index contributed by atoms with van der Waals surface area (Å²) in [5.74, 6) is 0.799. The van der Waals surface area contributed by atoms with Crippen LogP contribution in [0.3, 0.4) is 0 Å². The van der Waals surface area contributed by atoms with Crippen molar-refractivity contribution in [3.05, 3.63) is 59.2 Å². The van der Waals surface area contributed by atoms with Gasteiger partial charge in [0.2, 0.25) is 0 Å². The number of nitrogens with zero attached hydrogens (tertiary/aromatic N) is 2. The maximum absolute atomic E-state index is 9.14. The zero-order chi connectivity index (χ0) is 15.9. The lowest BCUT2D eigenvalue weighted by Crippen LogP contribution is -2.26. The molecule has 0 radical (unpaired) electrons. The van der Waals surface area contributed by atoms with Crippen LogP contribution in [-0.4, -0.2) is 21.7 Å². The van der Waals surface area contributed by atoms with E-state index < -0.39 is 0 Å². The van der Waals surface area contributed by atoms with Crippen molar-refractivity contribution < 1.29 is 5.11 Å². The number of aliphatic hydroxyl groups excluding tert-OH is 1. The van der Waals surface area contributed by atoms with E-state index in [4.69, 9.17) is 5.11 Å². The van der Waals surface area contributed by atoms with Crippen molar-refractivity contribution in [1.82, 2.24) is 15.3 Å². The molecule has 118 valence electrons. The molecule has 0 aliphatic heterocycles. The van der Waals surface area contributed by atoms with Gasteiger partial charge in [-0.15, -0.1) is 0 Å². The minimum absolute atomic E-state index is 0.157. The third-order valence-electron chi connectivity index (χ3n) is 3.91. The van der Waals surface area contributed by atoms with E-state index in [1.54, 1.807) is 0 Å². The highest BCUT2D eigenvalue weighted by atomic mass is 16.2. The molecule has 0 spiro atoms. The molecule has 22 heavy (non-hydrogen) atoms. The molecular formula is C18H25N3O. The zero-order valence-corrected chi connectivity index (χ0v) is 13.6. The molecule has 1 heterocycles. The fraction of sp³-hybridized carbons (Fsp3) is 0.444. The van der Waals surface area contributed by atoms with Crippen LogP contribution in [0.5, 0.6) is 0 Å². The SMILES string of the molecule is Cc1ncc(C(C)NC(CCCO)c2ccccc2)c(C)n1. The van der Waals surface area contributed by atoms with Crippen LogP contribution in [0.4, 0.5) is 0 Å². The second-order valence-corrected chi connectivity index (χ2v) is 5.68. The lowest BCUT2D eigenvalue weighted by atomic mass is 9.99. The first-order valence-corrected chi connectivity index (χ1v) is 7.83. The molecule has 1 aromatic heterocycles. The number of aliphatic hydroxyl groups is 1. The second kappa shape index (κ2) is 8.01. The van der Waals surface area contributed by atoms with E-state index in [2.05, 4.69) is 34.3 Å². The van der Waals surface area contributed by atoms with Gasteiger partial charge in [-0.1, -0.05) is 30.3 Å². The maximum Gasteiger partial charge on any atom is 0.125 e. The van der Waals surface area contributed by atoms with Crippen LogP contribution in [0.15, 0.2) is 36.5 Å². The summed E-state index contributed by atoms with van der Waals surface area (Å²) in [5, 5.41) is 12.8. The monoisotopic (exact) mass is 299 g/mol. The average Bonchev–Trinajstić information content (AvgIpc) is 2.52. The lowest BCUT2D eigenvalue weighted by molar-refractivity contribution is 0.272. The van der Waals surface area contributed by atoms with E-state index in [0.29, 0.717) is 0 Å². The van der Waals surface area contributed by atoms with Crippen molar-refractivity contribution in [2.75, 3.05) is 6.61 Å². The Morgan fingerprint density at radius 3 is 2.55 bits per heavy atom. The number of hydrogen-bond acceptors (Lipinski definition) is 4. The Morgan fingerprint density at radius 2 is 1.91 bits per heavy atom. The molecule has 0 amide bonds. The molecule has 1 aromatic carbocycles. The molecule has 0 fully saturated rings. The first kappa shape index (κ1) is 16.6. The van der Waals surface area contributed by atoms with Crippen molar-refractivity contribution in [1.29, 1.82) is 0 Å². The molecule has 0 saturated carbocycles. The molecule has 2 unspecified atom stereocenters. The Morgan fingerprint density at radius 1 is 1.18 bits per heavy atom. The minimum Gasteiger partial charge on any atom is -0.396 e. The predicted molar refractivity (Wildman–Crippen MR) is 88.6 cm³/mol. The number of aromatic nitrogens is 2. The highest BCUT2D eigenvalue weighted by Gasteiger charge is 2.17. The third-order valence-corrected chi connectivity index (χ3v) is 3.91. The van der Waals surface area contributed by atoms with E-state index in [1.807, 2.05) is 38.2 Å². The molecule has 2 rings (SSSR count). The number of hydrogen-bond donors (Lipinski definition) is 2. The standard InChI is InChI=1S/C18H25N3O/c1-13-17(12-19-15(3)20-13)14(2)21-18(10-7-11-22)16-8-5-4-6-9-16/h4-6,8-9,12,14,18,21-22H,7,10-11H2,1-3H3. The van der Waals surface area contributed by atoms with Crippen LogP contribution in [0.1, 0.15) is 54.5 Å². The third kappa shape index (κ3) is 4.36. The quantitative estimate of drug-likeness (QED) is 0.824. The molecule has 0 aliphatic carbocycles. The second-order valence-electron chi connectivity index (χ2n) is 5.68. The van der Waals surface area contributed by atoms with Crippen molar-refractivity contribution >= 4 is 0 Å². The highest BCUT2D eigenvalue weighted by molar-refractivity contribution is 5.23. The highest BCUT2D eigenvalue weighted by Crippen LogP contribution is 2.24. The topological polar surface area (TPSA) is 58.0 Å². The van der Waals surface area contributed by atoms with Gasteiger partial charge in [-0.05, 0) is 39.2 Å². The predicted octanol–water partition coefficient (Wildman–Crippen LogP) is 3.26. The van der Waals surface area contributed by atoms with Crippen molar-refractivity contribution in [2.24, 2.45) is 0 Å². The maximum atomic E-state index is 9.14. The number of benzene rings is 1. The van der Waals surface area contributed by atoms with Gasteiger partial charge < -0.3 is 10.4 Å². The Hall–Kier alpha value is -1.78. The number of aryl methyl sites for hydroxylation is 2. The van der Waals surface area contributed by atoms with E-state index in [9.17, 15) is 0 Å². The average molecular weight is 299 g/mol. The number of nitrogens with one attached hydrogen (secondary N) is 1. The first-order valence-electron chi connectivity index (χ1n) is 7.83. The van der Waals surface area contributed by atoms with Gasteiger partial charge in [0.15, 0.2) is 0 Å². The fourth-order valence-corrected chi connectivity index (χ4v) is 2.74. The van der Waals surface area contributed by atoms with Crippen LogP contribution in [0.2, 0.25) is 0 Å². The molecule has 0 bridgehead atoms. The van der Waals surface area contributed by atoms with Gasteiger partial charge in [-0.3, -0.25) is 0 Å². The van der Waals surface area contributed by atoms with E-state index in [0.717, 1.165) is 29.9 Å². The van der Waals surface area contributed by atoms with Gasteiger partial charge in [0.05, 0.1) is 0 Å². The molecule has 0 aliphatic rings. The van der Waals surface area contributed by atoms with Crippen LogP contribution in [0, 0.1) is 13.8 Å². The van der Waals surface area contributed by atoms with Crippen molar-refractivity contribution in [3.8, 4) is 0 Å². The van der Waals surface area contributed by atoms with Crippen LogP contribution < -0.4 is 5.32 Å². The van der Waals surface area contributed by atoms with Crippen LogP contribution in [-0.2, 0) is 0 Å². The van der Waals surface area contributed by atoms with Gasteiger partial charge in [0.1, 0.15) is 5.82 Å². The van der Waals surface area contributed by atoms with Crippen molar-refractivity contribution in [2.45, 2.75) is 45.7 Å². The summed E-state index contributed by atoms with van der Waals surface area (Å²) >= 11 is 0. The molecule has 4 heteroatoms. The first-order chi connectivity index (χ1) is 10.6. The zero-order valence-electron chi connectivity index (χ0n) is 13.6. The van der Waals surface area contributed by atoms with Crippen molar-refractivity contribution in [3.63, 3.8) is 0 Å². The summed E-state index contributed by atoms with van der Waals surface area (Å²) in [6, 6.07) is 10.7. The lowest BCUT2D eigenvalue weighted by Gasteiger charge is -2.24. The van der Waals surface area contributed by atoms with E-state index in [-0.39, 0.29) is 18.7 Å². The van der Waals surface area contributed by atoms with Gasteiger partial charge in [-0.2, -0.15) is 0 Å². The Balaban J connectivity index is 2.15. The summed E-state index contributed by atoms with van der Waals surface area (Å²) in [5.41, 5.74) is 3.38. The fourth-order valence-electron chi connectivity index (χ4n) is 2.74. The van der Waals surface area contributed by atoms with Crippen LogP contribution >= 0.6 is 0 Å². The molecule has 2 atom stereocenters. The normalized spacial score (nSPS) is 13.8. The van der Waals surface area contributed by atoms with Gasteiger partial charge in [0.25, 0.3) is 0 Å². The van der Waals surface area contributed by atoms with Gasteiger partial charge >= 0.3 is 0 Å². The molecule has 2 N–H and O–H groups in total. The van der Waals surface area contributed by atoms with Gasteiger partial charge in [0, 0.05) is 36.1 Å². The molecule has 4 nitrogen and oxygen atoms in total. The van der Waals surface area contributed by atoms with Crippen LogP contribution in [0.25, 0.3) is 0 Å². The summed E-state index contributed by atoms with van der Waals surface area (Å²) < 4.78 is 0. The van der Waals surface area contributed by atoms with Gasteiger partial charge in [-0.25, -0.2) is 9.97 Å². The van der Waals surface area contributed by atoms with E-state index in [1.165, 1.54) is 5.56 Å². The largest absolute Gasteiger partial charge is 0.396 e. The summed E-state index contributed by atoms with van der Waals surface area (Å²) in [6.07, 6.45) is 3.59.